The SMILES string of the molecule is CCc1nc2cccnc2n1-c1ccc2c(c1C)CCc1ccccc1/C2=C(/C)c1nn[nH]n1. The molecule has 0 fully saturated rings. The van der Waals surface area contributed by atoms with Crippen LogP contribution in [-0.4, -0.2) is 35.2 Å². The van der Waals surface area contributed by atoms with Crippen LogP contribution in [0.5, 0.6) is 0 Å². The van der Waals surface area contributed by atoms with Gasteiger partial charge in [-0.2, -0.15) is 5.21 Å². The van der Waals surface area contributed by atoms with Crippen LogP contribution in [0.3, 0.4) is 0 Å². The lowest BCUT2D eigenvalue weighted by Gasteiger charge is -2.19. The largest absolute Gasteiger partial charge is 0.280 e. The lowest BCUT2D eigenvalue weighted by Crippen LogP contribution is -2.07. The van der Waals surface area contributed by atoms with E-state index >= 15 is 0 Å². The van der Waals surface area contributed by atoms with Crippen LogP contribution in [0.4, 0.5) is 0 Å². The molecule has 168 valence electrons. The monoisotopic (exact) mass is 447 g/mol. The Balaban J connectivity index is 1.63. The van der Waals surface area contributed by atoms with Crippen molar-refractivity contribution in [1.29, 1.82) is 0 Å². The van der Waals surface area contributed by atoms with E-state index in [2.05, 4.69) is 87.3 Å². The summed E-state index contributed by atoms with van der Waals surface area (Å²) in [6, 6.07) is 17.1. The fourth-order valence-electron chi connectivity index (χ4n) is 5.22. The first kappa shape index (κ1) is 20.5. The molecule has 0 atom stereocenters. The molecule has 34 heavy (non-hydrogen) atoms. The zero-order chi connectivity index (χ0) is 23.2. The highest BCUT2D eigenvalue weighted by Crippen LogP contribution is 2.40. The van der Waals surface area contributed by atoms with Gasteiger partial charge in [0.25, 0.3) is 0 Å². The highest BCUT2D eigenvalue weighted by molar-refractivity contribution is 5.99. The smallest absolute Gasteiger partial charge is 0.201 e. The number of hydrogen-bond acceptors (Lipinski definition) is 5. The van der Waals surface area contributed by atoms with Crippen LogP contribution in [0.2, 0.25) is 0 Å². The minimum absolute atomic E-state index is 0.623. The molecule has 0 aliphatic heterocycles. The van der Waals surface area contributed by atoms with Crippen LogP contribution in [0.1, 0.15) is 53.3 Å². The maximum atomic E-state index is 4.85. The lowest BCUT2D eigenvalue weighted by molar-refractivity contribution is 0.881. The van der Waals surface area contributed by atoms with Crippen LogP contribution in [0, 0.1) is 6.92 Å². The van der Waals surface area contributed by atoms with Crippen molar-refractivity contribution < 1.29 is 0 Å². The fourth-order valence-corrected chi connectivity index (χ4v) is 5.22. The molecular weight excluding hydrogens is 422 g/mol. The molecule has 0 spiro atoms. The van der Waals surface area contributed by atoms with Crippen molar-refractivity contribution in [3.63, 3.8) is 0 Å². The molecule has 1 N–H and O–H groups in total. The number of rotatable bonds is 3. The molecule has 0 saturated heterocycles. The van der Waals surface area contributed by atoms with Crippen LogP contribution in [-0.2, 0) is 19.3 Å². The van der Waals surface area contributed by atoms with Crippen LogP contribution >= 0.6 is 0 Å². The molecular formula is C27H25N7. The van der Waals surface area contributed by atoms with Crippen molar-refractivity contribution in [1.82, 2.24) is 35.2 Å². The third kappa shape index (κ3) is 3.08. The number of H-pyrrole nitrogens is 1. The molecule has 3 aromatic heterocycles. The van der Waals surface area contributed by atoms with Gasteiger partial charge in [-0.1, -0.05) is 37.3 Å². The Labute approximate surface area is 197 Å². The molecule has 0 saturated carbocycles. The number of benzene rings is 2. The van der Waals surface area contributed by atoms with Crippen LogP contribution in [0.25, 0.3) is 28.0 Å². The van der Waals surface area contributed by atoms with Gasteiger partial charge in [0.15, 0.2) is 5.65 Å². The van der Waals surface area contributed by atoms with E-state index in [-0.39, 0.29) is 0 Å². The second kappa shape index (κ2) is 8.02. The van der Waals surface area contributed by atoms with E-state index < -0.39 is 0 Å². The third-order valence-corrected chi connectivity index (χ3v) is 6.87. The van der Waals surface area contributed by atoms with Gasteiger partial charge >= 0.3 is 0 Å². The maximum Gasteiger partial charge on any atom is 0.201 e. The molecule has 6 rings (SSSR count). The predicted octanol–water partition coefficient (Wildman–Crippen LogP) is 4.88. The first-order valence-electron chi connectivity index (χ1n) is 11.7. The summed E-state index contributed by atoms with van der Waals surface area (Å²) < 4.78 is 2.22. The Hall–Kier alpha value is -4.13. The number of aromatic amines is 1. The standard InChI is InChI=1S/C27H25N7/c1-4-24-29-22-10-7-15-28-27(22)34(24)23-14-13-21-19(16(23)2)12-11-18-8-5-6-9-20(18)25(21)17(3)26-30-32-33-31-26/h5-10,13-15H,4,11-12H2,1-3H3,(H,30,31,32,33)/b25-17+. The molecule has 2 aromatic carbocycles. The first-order valence-corrected chi connectivity index (χ1v) is 11.7. The molecule has 1 aliphatic rings. The van der Waals surface area contributed by atoms with Gasteiger partial charge in [0.1, 0.15) is 11.3 Å². The highest BCUT2D eigenvalue weighted by Gasteiger charge is 2.25. The summed E-state index contributed by atoms with van der Waals surface area (Å²) >= 11 is 0. The van der Waals surface area contributed by atoms with Crippen molar-refractivity contribution in [3.05, 3.63) is 94.2 Å². The quantitative estimate of drug-likeness (QED) is 0.426. The first-order chi connectivity index (χ1) is 16.7. The number of fused-ring (bicyclic) bond motifs is 3. The summed E-state index contributed by atoms with van der Waals surface area (Å²) in [4.78, 5) is 9.52. The van der Waals surface area contributed by atoms with E-state index in [1.807, 2.05) is 18.3 Å². The number of allylic oxidation sites excluding steroid dienone is 1. The van der Waals surface area contributed by atoms with Gasteiger partial charge in [-0.3, -0.25) is 4.57 Å². The number of tetrazole rings is 1. The van der Waals surface area contributed by atoms with Crippen molar-refractivity contribution in [2.45, 2.75) is 40.0 Å². The molecule has 3 heterocycles. The van der Waals surface area contributed by atoms with Crippen molar-refractivity contribution in [2.24, 2.45) is 0 Å². The van der Waals surface area contributed by atoms with Gasteiger partial charge in [-0.05, 0) is 83.5 Å². The van der Waals surface area contributed by atoms with Crippen molar-refractivity contribution in [2.75, 3.05) is 0 Å². The van der Waals surface area contributed by atoms with Gasteiger partial charge in [0.05, 0.1) is 5.69 Å². The molecule has 7 heteroatoms. The minimum atomic E-state index is 0.623. The molecule has 7 nitrogen and oxygen atoms in total. The number of aryl methyl sites for hydroxylation is 2. The summed E-state index contributed by atoms with van der Waals surface area (Å²) in [6.45, 7) is 6.44. The zero-order valence-electron chi connectivity index (χ0n) is 19.5. The van der Waals surface area contributed by atoms with Gasteiger partial charge in [-0.25, -0.2) is 9.97 Å². The zero-order valence-corrected chi connectivity index (χ0v) is 19.5. The Bertz CT molecular complexity index is 1560. The average molecular weight is 448 g/mol. The van der Waals surface area contributed by atoms with E-state index in [1.54, 1.807) is 0 Å². The summed E-state index contributed by atoms with van der Waals surface area (Å²) in [5.41, 5.74) is 11.5. The topological polar surface area (TPSA) is 85.2 Å². The molecule has 0 radical (unpaired) electrons. The second-order valence-corrected chi connectivity index (χ2v) is 8.69. The van der Waals surface area contributed by atoms with Crippen LogP contribution < -0.4 is 0 Å². The van der Waals surface area contributed by atoms with Gasteiger partial charge in [0.2, 0.25) is 5.82 Å². The Morgan fingerprint density at radius 1 is 1.03 bits per heavy atom. The van der Waals surface area contributed by atoms with E-state index in [0.717, 1.165) is 47.5 Å². The number of nitrogens with one attached hydrogen (secondary N) is 1. The Kier molecular flexibility index (Phi) is 4.83. The molecule has 0 amide bonds. The number of pyridine rings is 1. The van der Waals surface area contributed by atoms with Gasteiger partial charge in [-0.15, -0.1) is 10.2 Å². The van der Waals surface area contributed by atoms with E-state index in [0.29, 0.717) is 5.82 Å². The highest BCUT2D eigenvalue weighted by atomic mass is 15.5. The fraction of sp³-hybridized carbons (Fsp3) is 0.222. The van der Waals surface area contributed by atoms with E-state index in [4.69, 9.17) is 4.98 Å². The summed E-state index contributed by atoms with van der Waals surface area (Å²) in [5.74, 6) is 1.64. The number of hydrogen-bond donors (Lipinski definition) is 1. The predicted molar refractivity (Wildman–Crippen MR) is 133 cm³/mol. The lowest BCUT2D eigenvalue weighted by atomic mass is 9.88. The van der Waals surface area contributed by atoms with Crippen molar-refractivity contribution in [3.8, 4) is 5.69 Å². The normalized spacial score (nSPS) is 14.6. The van der Waals surface area contributed by atoms with Gasteiger partial charge < -0.3 is 0 Å². The summed E-state index contributed by atoms with van der Waals surface area (Å²) in [5, 5.41) is 15.0. The maximum absolute atomic E-state index is 4.85. The number of nitrogens with zero attached hydrogens (tertiary/aromatic N) is 6. The molecule has 0 bridgehead atoms. The second-order valence-electron chi connectivity index (χ2n) is 8.69. The molecule has 5 aromatic rings. The van der Waals surface area contributed by atoms with Crippen molar-refractivity contribution >= 4 is 22.3 Å². The Morgan fingerprint density at radius 3 is 2.74 bits per heavy atom. The minimum Gasteiger partial charge on any atom is -0.280 e. The van der Waals surface area contributed by atoms with E-state index in [9.17, 15) is 0 Å². The third-order valence-electron chi connectivity index (χ3n) is 6.87. The van der Waals surface area contributed by atoms with Crippen LogP contribution in [0.15, 0.2) is 54.7 Å². The number of imidazole rings is 1. The summed E-state index contributed by atoms with van der Waals surface area (Å²) in [7, 11) is 0. The van der Waals surface area contributed by atoms with E-state index in [1.165, 1.54) is 33.4 Å². The average Bonchev–Trinajstić information content (AvgIpc) is 3.49. The van der Waals surface area contributed by atoms with Gasteiger partial charge in [0, 0.05) is 18.2 Å². The number of aromatic nitrogens is 7. The molecule has 1 aliphatic carbocycles. The molecule has 0 unspecified atom stereocenters. The Morgan fingerprint density at radius 2 is 1.91 bits per heavy atom. The summed E-state index contributed by atoms with van der Waals surface area (Å²) in [6.07, 6.45) is 4.60.